The van der Waals surface area contributed by atoms with Crippen LogP contribution in [-0.4, -0.2) is 53.0 Å². The number of rotatable bonds is 4. The van der Waals surface area contributed by atoms with Crippen molar-refractivity contribution >= 4 is 5.95 Å². The molecule has 7 heteroatoms. The van der Waals surface area contributed by atoms with E-state index in [1.165, 1.54) is 14.2 Å². The van der Waals surface area contributed by atoms with Crippen molar-refractivity contribution in [1.82, 2.24) is 15.0 Å². The Morgan fingerprint density at radius 2 is 1.61 bits per heavy atom. The average molecular weight is 254 g/mol. The first-order valence-electron chi connectivity index (χ1n) is 5.80. The maximum absolute atomic E-state index is 10.2. The molecular weight excluding hydrogens is 236 g/mol. The van der Waals surface area contributed by atoms with Crippen LogP contribution in [0.1, 0.15) is 13.8 Å². The van der Waals surface area contributed by atoms with Crippen LogP contribution in [0.15, 0.2) is 0 Å². The molecule has 0 saturated carbocycles. The van der Waals surface area contributed by atoms with Crippen LogP contribution < -0.4 is 14.4 Å². The number of hydrogen-bond donors (Lipinski definition) is 1. The van der Waals surface area contributed by atoms with Gasteiger partial charge in [0, 0.05) is 0 Å². The second-order valence-corrected chi connectivity index (χ2v) is 4.72. The number of aliphatic hydroxyl groups is 1. The molecule has 0 unspecified atom stereocenters. The average Bonchev–Trinajstić information content (AvgIpc) is 2.33. The Balaban J connectivity index is 2.16. The monoisotopic (exact) mass is 254 g/mol. The van der Waals surface area contributed by atoms with Gasteiger partial charge in [0.15, 0.2) is 0 Å². The zero-order valence-electron chi connectivity index (χ0n) is 11.0. The van der Waals surface area contributed by atoms with Gasteiger partial charge in [-0.2, -0.15) is 9.97 Å². The molecular formula is C11H18N4O3. The summed E-state index contributed by atoms with van der Waals surface area (Å²) >= 11 is 0. The quantitative estimate of drug-likeness (QED) is 0.815. The Labute approximate surface area is 106 Å². The molecule has 1 aromatic rings. The summed E-state index contributed by atoms with van der Waals surface area (Å²) in [6.07, 6.45) is 0. The molecule has 1 aliphatic rings. The van der Waals surface area contributed by atoms with E-state index in [9.17, 15) is 5.11 Å². The first kappa shape index (κ1) is 12.8. The summed E-state index contributed by atoms with van der Waals surface area (Å²) in [6.45, 7) is 4.99. The molecule has 0 amide bonds. The normalized spacial score (nSPS) is 17.6. The summed E-state index contributed by atoms with van der Waals surface area (Å²) in [5.74, 6) is 0.656. The molecule has 18 heavy (non-hydrogen) atoms. The van der Waals surface area contributed by atoms with Crippen molar-refractivity contribution in [3.63, 3.8) is 0 Å². The van der Waals surface area contributed by atoms with Gasteiger partial charge in [0.2, 0.25) is 5.95 Å². The van der Waals surface area contributed by atoms with Gasteiger partial charge in [-0.15, -0.1) is 4.98 Å². The number of aromatic nitrogens is 3. The molecule has 1 fully saturated rings. The Morgan fingerprint density at radius 3 is 2.00 bits per heavy atom. The zero-order valence-corrected chi connectivity index (χ0v) is 11.0. The second-order valence-electron chi connectivity index (χ2n) is 4.72. The lowest BCUT2D eigenvalue weighted by Crippen LogP contribution is -2.65. The highest BCUT2D eigenvalue weighted by atomic mass is 16.5. The van der Waals surface area contributed by atoms with Crippen molar-refractivity contribution < 1.29 is 14.6 Å². The lowest BCUT2D eigenvalue weighted by atomic mass is 9.83. The predicted octanol–water partition coefficient (Wildman–Crippen LogP) is 0.0959. The number of anilines is 1. The summed E-state index contributed by atoms with van der Waals surface area (Å²) in [4.78, 5) is 14.1. The Morgan fingerprint density at radius 1 is 1.11 bits per heavy atom. The molecule has 0 aromatic carbocycles. The maximum Gasteiger partial charge on any atom is 0.324 e. The fourth-order valence-corrected chi connectivity index (χ4v) is 1.77. The van der Waals surface area contributed by atoms with Gasteiger partial charge >= 0.3 is 12.0 Å². The van der Waals surface area contributed by atoms with Gasteiger partial charge in [0.05, 0.1) is 27.3 Å². The molecule has 1 saturated heterocycles. The molecule has 0 spiro atoms. The Bertz CT molecular complexity index is 410. The minimum absolute atomic E-state index is 0.194. The molecule has 0 atom stereocenters. The third-order valence-corrected chi connectivity index (χ3v) is 3.23. The highest BCUT2D eigenvalue weighted by Crippen LogP contribution is 2.31. The predicted molar refractivity (Wildman–Crippen MR) is 64.9 cm³/mol. The van der Waals surface area contributed by atoms with Gasteiger partial charge in [0.25, 0.3) is 0 Å². The summed E-state index contributed by atoms with van der Waals surface area (Å²) in [5.41, 5.74) is -0.674. The number of nitrogens with zero attached hydrogens (tertiary/aromatic N) is 4. The van der Waals surface area contributed by atoms with Crippen LogP contribution in [0.25, 0.3) is 0 Å². The van der Waals surface area contributed by atoms with E-state index >= 15 is 0 Å². The first-order chi connectivity index (χ1) is 8.48. The Kier molecular flexibility index (Phi) is 3.25. The second kappa shape index (κ2) is 4.56. The zero-order chi connectivity index (χ0) is 13.3. The molecule has 2 heterocycles. The minimum Gasteiger partial charge on any atom is -0.467 e. The highest BCUT2D eigenvalue weighted by Gasteiger charge is 2.45. The third-order valence-electron chi connectivity index (χ3n) is 3.23. The van der Waals surface area contributed by atoms with E-state index in [1.54, 1.807) is 0 Å². The molecule has 0 radical (unpaired) electrons. The SMILES string of the molecule is COc1nc(OC)nc(N2CC(O)(C(C)C)C2)n1. The van der Waals surface area contributed by atoms with Gasteiger partial charge in [-0.25, -0.2) is 0 Å². The summed E-state index contributed by atoms with van der Waals surface area (Å²) < 4.78 is 9.97. The maximum atomic E-state index is 10.2. The van der Waals surface area contributed by atoms with E-state index in [2.05, 4.69) is 15.0 Å². The number of methoxy groups -OCH3 is 2. The lowest BCUT2D eigenvalue weighted by Gasteiger charge is -2.48. The number of β-amino-alcohol motifs (C(OH)–C–C–N with tert-alkyl or cyclic N) is 1. The van der Waals surface area contributed by atoms with Crippen LogP contribution in [0.2, 0.25) is 0 Å². The van der Waals surface area contributed by atoms with Crippen molar-refractivity contribution in [2.45, 2.75) is 19.4 Å². The molecule has 100 valence electrons. The van der Waals surface area contributed by atoms with Crippen molar-refractivity contribution in [3.05, 3.63) is 0 Å². The van der Waals surface area contributed by atoms with Gasteiger partial charge in [0.1, 0.15) is 5.60 Å². The first-order valence-corrected chi connectivity index (χ1v) is 5.80. The summed E-state index contributed by atoms with van der Waals surface area (Å²) in [5, 5.41) is 10.2. The van der Waals surface area contributed by atoms with Gasteiger partial charge in [-0.1, -0.05) is 13.8 Å². The van der Waals surface area contributed by atoms with E-state index in [1.807, 2.05) is 18.7 Å². The van der Waals surface area contributed by atoms with Crippen LogP contribution in [-0.2, 0) is 0 Å². The molecule has 2 rings (SSSR count). The standard InChI is InChI=1S/C11H18N4O3/c1-7(2)11(16)5-15(6-11)8-12-9(17-3)14-10(13-8)18-4/h7,16H,5-6H2,1-4H3. The fraction of sp³-hybridized carbons (Fsp3) is 0.727. The molecule has 1 aromatic heterocycles. The topological polar surface area (TPSA) is 80.6 Å². The van der Waals surface area contributed by atoms with Crippen molar-refractivity contribution in [3.8, 4) is 12.0 Å². The largest absolute Gasteiger partial charge is 0.467 e. The van der Waals surface area contributed by atoms with E-state index < -0.39 is 5.60 Å². The van der Waals surface area contributed by atoms with Gasteiger partial charge < -0.3 is 19.5 Å². The molecule has 7 nitrogen and oxygen atoms in total. The fourth-order valence-electron chi connectivity index (χ4n) is 1.77. The summed E-state index contributed by atoms with van der Waals surface area (Å²) in [7, 11) is 2.97. The summed E-state index contributed by atoms with van der Waals surface area (Å²) in [6, 6.07) is 0.411. The smallest absolute Gasteiger partial charge is 0.324 e. The van der Waals surface area contributed by atoms with E-state index in [0.717, 1.165) is 0 Å². The van der Waals surface area contributed by atoms with E-state index in [4.69, 9.17) is 9.47 Å². The van der Waals surface area contributed by atoms with Crippen LogP contribution in [0.4, 0.5) is 5.95 Å². The van der Waals surface area contributed by atoms with Crippen molar-refractivity contribution in [2.24, 2.45) is 5.92 Å². The molecule has 0 aliphatic carbocycles. The Hall–Kier alpha value is -1.63. The van der Waals surface area contributed by atoms with Crippen LogP contribution in [0.3, 0.4) is 0 Å². The van der Waals surface area contributed by atoms with E-state index in [0.29, 0.717) is 19.0 Å². The van der Waals surface area contributed by atoms with Crippen molar-refractivity contribution in [2.75, 3.05) is 32.2 Å². The molecule has 1 N–H and O–H groups in total. The number of ether oxygens (including phenoxy) is 2. The van der Waals surface area contributed by atoms with E-state index in [-0.39, 0.29) is 17.9 Å². The number of hydrogen-bond acceptors (Lipinski definition) is 7. The van der Waals surface area contributed by atoms with Gasteiger partial charge in [-0.3, -0.25) is 0 Å². The lowest BCUT2D eigenvalue weighted by molar-refractivity contribution is -0.0310. The van der Waals surface area contributed by atoms with Crippen LogP contribution >= 0.6 is 0 Å². The minimum atomic E-state index is -0.674. The molecule has 0 bridgehead atoms. The third kappa shape index (κ3) is 2.17. The van der Waals surface area contributed by atoms with Crippen LogP contribution in [0, 0.1) is 5.92 Å². The van der Waals surface area contributed by atoms with Crippen molar-refractivity contribution in [1.29, 1.82) is 0 Å². The van der Waals surface area contributed by atoms with Crippen LogP contribution in [0.5, 0.6) is 12.0 Å². The molecule has 1 aliphatic heterocycles. The van der Waals surface area contributed by atoms with Gasteiger partial charge in [-0.05, 0) is 5.92 Å². The highest BCUT2D eigenvalue weighted by molar-refractivity contribution is 5.39.